The number of hydrogen-bond acceptors (Lipinski definition) is 13. The van der Waals surface area contributed by atoms with Gasteiger partial charge in [0.2, 0.25) is 19.7 Å². The van der Waals surface area contributed by atoms with E-state index in [-0.39, 0.29) is 31.1 Å². The van der Waals surface area contributed by atoms with Gasteiger partial charge in [-0.05, 0) is 138 Å². The number of rotatable bonds is 15. The van der Waals surface area contributed by atoms with E-state index in [1.165, 1.54) is 43.5 Å². The summed E-state index contributed by atoms with van der Waals surface area (Å²) in [6.07, 6.45) is 0.299. The summed E-state index contributed by atoms with van der Waals surface area (Å²) in [5, 5.41) is 14.4. The molecule has 7 rings (SSSR count). The highest BCUT2D eigenvalue weighted by molar-refractivity contribution is 7.94. The van der Waals surface area contributed by atoms with Gasteiger partial charge in [-0.25, -0.2) is 22.1 Å². The van der Waals surface area contributed by atoms with Gasteiger partial charge in [-0.15, -0.1) is 4.33 Å². The van der Waals surface area contributed by atoms with Crippen LogP contribution in [0.1, 0.15) is 16.7 Å². The number of methoxy groups -OCH3 is 1. The van der Waals surface area contributed by atoms with Crippen LogP contribution in [0.15, 0.2) is 175 Å². The summed E-state index contributed by atoms with van der Waals surface area (Å²) in [6, 6.07) is 37.5. The van der Waals surface area contributed by atoms with E-state index >= 15 is 0 Å². The van der Waals surface area contributed by atoms with Crippen LogP contribution in [0.4, 0.5) is 0 Å². The summed E-state index contributed by atoms with van der Waals surface area (Å²) in [7, 11) is -11.6. The molecule has 0 bridgehead atoms. The molecule has 13 nitrogen and oxygen atoms in total. The molecule has 0 saturated heterocycles. The Hall–Kier alpha value is -5.76. The zero-order valence-electron chi connectivity index (χ0n) is 31.6. The van der Waals surface area contributed by atoms with Crippen molar-refractivity contribution < 1.29 is 58.6 Å². The van der Waals surface area contributed by atoms with Crippen LogP contribution >= 0.6 is 12.0 Å². The predicted molar refractivity (Wildman–Crippen MR) is 222 cm³/mol. The molecular formula is C43H34O13S4. The first-order valence-electron chi connectivity index (χ1n) is 17.7. The molecule has 0 heterocycles. The molecule has 0 spiro atoms. The molecule has 0 aliphatic rings. The first-order chi connectivity index (χ1) is 28.6. The van der Waals surface area contributed by atoms with Crippen LogP contribution in [-0.2, 0) is 45.6 Å². The molecule has 0 saturated carbocycles. The third-order valence-corrected chi connectivity index (χ3v) is 14.4. The summed E-state index contributed by atoms with van der Waals surface area (Å²) in [5.74, 6) is 1.41. The van der Waals surface area contributed by atoms with Crippen LogP contribution in [-0.4, -0.2) is 42.2 Å². The predicted octanol–water partition coefficient (Wildman–Crippen LogP) is 9.67. The minimum absolute atomic E-state index is 0.148. The lowest BCUT2D eigenvalue weighted by molar-refractivity contribution is -0.432. The molecule has 0 aliphatic heterocycles. The first kappa shape index (κ1) is 42.4. The lowest BCUT2D eigenvalue weighted by atomic mass is 10.0. The number of hydrogen-bond donors (Lipinski definition) is 2. The standard InChI is InChI=1S/C43H34O13S4/c1-28-3-16-37(17-4-28)58(45,46)38-19-14-34(15-20-38)53-36-9-7-30-23-29(5-6-31(30)25-36)24-32-8-18-39(26-42(32)57-56-55-44)59(47,48)40-21-22-41(43(27-40)60(49,50)51)54-35-12-10-33(52-2)11-13-35/h3-23,25-27,44H,24H2,1-2H3,(H,49,50,51). The quantitative estimate of drug-likeness (QED) is 0.0428. The Bertz CT molecular complexity index is 3030. The third-order valence-electron chi connectivity index (χ3n) is 9.27. The second kappa shape index (κ2) is 17.5. The van der Waals surface area contributed by atoms with Crippen molar-refractivity contribution in [3.05, 3.63) is 162 Å². The average Bonchev–Trinajstić information content (AvgIpc) is 3.23. The molecule has 308 valence electrons. The van der Waals surface area contributed by atoms with Crippen LogP contribution in [0.5, 0.6) is 28.7 Å². The summed E-state index contributed by atoms with van der Waals surface area (Å²) in [4.78, 5) is -0.831. The Kier molecular flexibility index (Phi) is 12.3. The molecule has 0 aromatic heterocycles. The third kappa shape index (κ3) is 9.49. The SMILES string of the molecule is COc1ccc(Oc2ccc(S(=O)(=O)c3ccc(Cc4ccc5cc(Oc6ccc(S(=O)(=O)c7ccc(C)cc7)cc6)ccc5c4)c(SOOO)c3)cc2S(=O)(=O)O)cc1. The number of fused-ring (bicyclic) bond motifs is 1. The van der Waals surface area contributed by atoms with Gasteiger partial charge in [0.05, 0.1) is 38.7 Å². The van der Waals surface area contributed by atoms with Gasteiger partial charge in [0, 0.05) is 4.90 Å². The van der Waals surface area contributed by atoms with E-state index in [0.29, 0.717) is 41.3 Å². The lowest BCUT2D eigenvalue weighted by Crippen LogP contribution is -2.07. The van der Waals surface area contributed by atoms with Crippen LogP contribution in [0.3, 0.4) is 0 Å². The van der Waals surface area contributed by atoms with E-state index in [4.69, 9.17) is 23.8 Å². The van der Waals surface area contributed by atoms with Crippen molar-refractivity contribution in [3.8, 4) is 28.7 Å². The first-order valence-corrected chi connectivity index (χ1v) is 22.9. The molecule has 7 aromatic carbocycles. The highest BCUT2D eigenvalue weighted by Crippen LogP contribution is 2.36. The Morgan fingerprint density at radius 2 is 1.08 bits per heavy atom. The fourth-order valence-electron chi connectivity index (χ4n) is 6.17. The van der Waals surface area contributed by atoms with E-state index in [1.54, 1.807) is 60.7 Å². The van der Waals surface area contributed by atoms with Gasteiger partial charge < -0.3 is 14.2 Å². The Morgan fingerprint density at radius 3 is 1.75 bits per heavy atom. The van der Waals surface area contributed by atoms with Gasteiger partial charge in [-0.1, -0.05) is 53.1 Å². The normalized spacial score (nSPS) is 12.0. The van der Waals surface area contributed by atoms with E-state index in [1.807, 2.05) is 37.3 Å². The maximum Gasteiger partial charge on any atom is 0.298 e. The molecule has 0 unspecified atom stereocenters. The number of aryl methyl sites for hydroxylation is 1. The number of sulfone groups is 2. The van der Waals surface area contributed by atoms with Gasteiger partial charge in [-0.2, -0.15) is 8.42 Å². The van der Waals surface area contributed by atoms with E-state index in [9.17, 15) is 29.8 Å². The molecule has 7 aromatic rings. The number of benzene rings is 7. The molecule has 0 amide bonds. The molecule has 60 heavy (non-hydrogen) atoms. The second-order valence-electron chi connectivity index (χ2n) is 13.3. The van der Waals surface area contributed by atoms with E-state index in [0.717, 1.165) is 40.1 Å². The Morgan fingerprint density at radius 1 is 0.550 bits per heavy atom. The summed E-state index contributed by atoms with van der Waals surface area (Å²) < 4.78 is 110. The van der Waals surface area contributed by atoms with Gasteiger partial charge in [0.15, 0.2) is 0 Å². The fourth-order valence-corrected chi connectivity index (χ4v) is 10.1. The Balaban J connectivity index is 1.09. The topological polar surface area (TPSA) is 189 Å². The minimum atomic E-state index is -4.95. The highest BCUT2D eigenvalue weighted by Gasteiger charge is 2.26. The number of ether oxygens (including phenoxy) is 3. The van der Waals surface area contributed by atoms with Gasteiger partial charge in [-0.3, -0.25) is 4.55 Å². The van der Waals surface area contributed by atoms with E-state index in [2.05, 4.69) is 5.04 Å². The highest BCUT2D eigenvalue weighted by atomic mass is 32.2. The van der Waals surface area contributed by atoms with Crippen molar-refractivity contribution in [1.82, 2.24) is 0 Å². The summed E-state index contributed by atoms with van der Waals surface area (Å²) >= 11 is 0.562. The summed E-state index contributed by atoms with van der Waals surface area (Å²) in [6.45, 7) is 1.89. The largest absolute Gasteiger partial charge is 0.497 e. The van der Waals surface area contributed by atoms with Crippen molar-refractivity contribution in [2.45, 2.75) is 42.7 Å². The average molecular weight is 887 g/mol. The van der Waals surface area contributed by atoms with Crippen molar-refractivity contribution in [3.63, 3.8) is 0 Å². The molecule has 0 fully saturated rings. The molecule has 0 radical (unpaired) electrons. The lowest BCUT2D eigenvalue weighted by Gasteiger charge is -2.14. The molecule has 0 aliphatic carbocycles. The molecule has 0 atom stereocenters. The molecular weight excluding hydrogens is 853 g/mol. The molecule has 17 heteroatoms. The van der Waals surface area contributed by atoms with Gasteiger partial charge in [0.1, 0.15) is 33.6 Å². The van der Waals surface area contributed by atoms with E-state index < -0.39 is 39.6 Å². The van der Waals surface area contributed by atoms with Crippen molar-refractivity contribution in [2.24, 2.45) is 0 Å². The monoisotopic (exact) mass is 886 g/mol. The maximum atomic E-state index is 13.9. The van der Waals surface area contributed by atoms with Crippen molar-refractivity contribution in [1.29, 1.82) is 0 Å². The Labute approximate surface area is 350 Å². The van der Waals surface area contributed by atoms with Gasteiger partial charge in [0.25, 0.3) is 10.1 Å². The molecule has 2 N–H and O–H groups in total. The van der Waals surface area contributed by atoms with Crippen LogP contribution in [0, 0.1) is 6.92 Å². The zero-order valence-corrected chi connectivity index (χ0v) is 34.8. The van der Waals surface area contributed by atoms with Crippen LogP contribution in [0.25, 0.3) is 10.8 Å². The summed E-state index contributed by atoms with van der Waals surface area (Å²) in [5.41, 5.74) is 2.40. The maximum absolute atomic E-state index is 13.9. The van der Waals surface area contributed by atoms with Crippen LogP contribution < -0.4 is 14.2 Å². The minimum Gasteiger partial charge on any atom is -0.497 e. The zero-order chi connectivity index (χ0) is 42.7. The van der Waals surface area contributed by atoms with Crippen molar-refractivity contribution in [2.75, 3.05) is 7.11 Å². The van der Waals surface area contributed by atoms with Crippen molar-refractivity contribution >= 4 is 52.6 Å². The van der Waals surface area contributed by atoms with Crippen LogP contribution in [0.2, 0.25) is 0 Å². The fraction of sp³-hybridized carbons (Fsp3) is 0.0698. The smallest absolute Gasteiger partial charge is 0.298 e. The van der Waals surface area contributed by atoms with Gasteiger partial charge >= 0.3 is 0 Å². The second-order valence-corrected chi connectivity index (χ2v) is 19.3.